The molecular formula is C15H29N3S. The van der Waals surface area contributed by atoms with E-state index in [1.54, 1.807) is 0 Å². The quantitative estimate of drug-likeness (QED) is 0.773. The van der Waals surface area contributed by atoms with Gasteiger partial charge in [-0.1, -0.05) is 41.0 Å². The van der Waals surface area contributed by atoms with Gasteiger partial charge in [0.1, 0.15) is 11.6 Å². The highest BCUT2D eigenvalue weighted by Crippen LogP contribution is 2.27. The third kappa shape index (κ3) is 4.44. The molecule has 0 amide bonds. The third-order valence-corrected chi connectivity index (χ3v) is 4.08. The molecule has 0 atom stereocenters. The summed E-state index contributed by atoms with van der Waals surface area (Å²) in [5.74, 6) is 4.28. The van der Waals surface area contributed by atoms with E-state index >= 15 is 0 Å². The molecule has 4 heteroatoms. The van der Waals surface area contributed by atoms with Crippen LogP contribution in [0.1, 0.15) is 59.0 Å². The minimum absolute atomic E-state index is 0.0536. The van der Waals surface area contributed by atoms with Crippen LogP contribution in [0.3, 0.4) is 0 Å². The Balaban J connectivity index is 2.97. The number of hydrogen-bond acceptors (Lipinski definition) is 3. The monoisotopic (exact) mass is 283 g/mol. The Hall–Kier alpha value is -0.640. The molecule has 1 rings (SSSR count). The lowest BCUT2D eigenvalue weighted by Gasteiger charge is -2.20. The van der Waals surface area contributed by atoms with Crippen LogP contribution in [0.25, 0.3) is 0 Å². The van der Waals surface area contributed by atoms with Crippen LogP contribution in [0.15, 0.2) is 0 Å². The van der Waals surface area contributed by atoms with Crippen molar-refractivity contribution in [1.82, 2.24) is 9.55 Å². The summed E-state index contributed by atoms with van der Waals surface area (Å²) in [5.41, 5.74) is 7.45. The van der Waals surface area contributed by atoms with Gasteiger partial charge < -0.3 is 10.3 Å². The van der Waals surface area contributed by atoms with E-state index < -0.39 is 0 Å². The Morgan fingerprint density at radius 3 is 2.47 bits per heavy atom. The van der Waals surface area contributed by atoms with Crippen molar-refractivity contribution in [2.45, 2.75) is 65.8 Å². The topological polar surface area (TPSA) is 43.8 Å². The number of anilines is 1. The number of aryl methyl sites for hydroxylation is 1. The number of imidazole rings is 1. The first-order chi connectivity index (χ1) is 8.91. The van der Waals surface area contributed by atoms with Crippen molar-refractivity contribution < 1.29 is 0 Å². The largest absolute Gasteiger partial charge is 0.384 e. The number of nitrogens with two attached hydrogens (primary N) is 1. The molecule has 0 aromatic carbocycles. The molecule has 0 aliphatic heterocycles. The van der Waals surface area contributed by atoms with Gasteiger partial charge in [0.15, 0.2) is 0 Å². The van der Waals surface area contributed by atoms with Gasteiger partial charge in [-0.25, -0.2) is 4.98 Å². The Labute approximate surface area is 122 Å². The molecule has 19 heavy (non-hydrogen) atoms. The zero-order valence-electron chi connectivity index (χ0n) is 13.1. The molecule has 0 aliphatic rings. The standard InChI is InChI=1S/C15H29N3S/c1-6-8-10-18-13(16)12(9-11-19-7-2)17-14(18)15(3,4)5/h6-11,16H2,1-5H3. The van der Waals surface area contributed by atoms with Crippen molar-refractivity contribution in [3.05, 3.63) is 11.5 Å². The molecule has 0 unspecified atom stereocenters. The second-order valence-corrected chi connectivity index (χ2v) is 7.36. The van der Waals surface area contributed by atoms with E-state index in [1.165, 1.54) is 6.42 Å². The Morgan fingerprint density at radius 2 is 1.95 bits per heavy atom. The SMILES string of the molecule is CCCCn1c(C(C)(C)C)nc(CCSCC)c1N. The number of hydrogen-bond donors (Lipinski definition) is 1. The number of unbranched alkanes of at least 4 members (excludes halogenated alkanes) is 1. The van der Waals surface area contributed by atoms with Crippen molar-refractivity contribution in [1.29, 1.82) is 0 Å². The van der Waals surface area contributed by atoms with E-state index in [1.807, 2.05) is 11.8 Å². The summed E-state index contributed by atoms with van der Waals surface area (Å²) in [5, 5.41) is 0. The molecule has 0 fully saturated rings. The normalized spacial score (nSPS) is 12.1. The smallest absolute Gasteiger partial charge is 0.126 e. The van der Waals surface area contributed by atoms with Crippen LogP contribution >= 0.6 is 11.8 Å². The predicted octanol–water partition coefficient (Wildman–Crippen LogP) is 3.86. The first kappa shape index (κ1) is 16.4. The van der Waals surface area contributed by atoms with Gasteiger partial charge in [0, 0.05) is 18.4 Å². The van der Waals surface area contributed by atoms with E-state index in [4.69, 9.17) is 10.7 Å². The molecule has 0 aliphatic carbocycles. The average molecular weight is 283 g/mol. The van der Waals surface area contributed by atoms with Crippen LogP contribution in [-0.4, -0.2) is 21.1 Å². The van der Waals surface area contributed by atoms with E-state index in [-0.39, 0.29) is 5.41 Å². The predicted molar refractivity (Wildman–Crippen MR) is 87.0 cm³/mol. The zero-order valence-corrected chi connectivity index (χ0v) is 13.9. The lowest BCUT2D eigenvalue weighted by Crippen LogP contribution is -2.20. The Bertz CT molecular complexity index is 391. The number of thioether (sulfide) groups is 1. The van der Waals surface area contributed by atoms with Gasteiger partial charge in [-0.3, -0.25) is 0 Å². The van der Waals surface area contributed by atoms with Gasteiger partial charge in [-0.05, 0) is 17.9 Å². The minimum Gasteiger partial charge on any atom is -0.384 e. The average Bonchev–Trinajstić information content (AvgIpc) is 2.64. The van der Waals surface area contributed by atoms with Crippen molar-refractivity contribution >= 4 is 17.6 Å². The first-order valence-corrected chi connectivity index (χ1v) is 8.50. The molecule has 0 bridgehead atoms. The molecule has 1 aromatic rings. The summed E-state index contributed by atoms with van der Waals surface area (Å²) in [6, 6.07) is 0. The van der Waals surface area contributed by atoms with Crippen molar-refractivity contribution in [3.63, 3.8) is 0 Å². The van der Waals surface area contributed by atoms with Gasteiger partial charge >= 0.3 is 0 Å². The van der Waals surface area contributed by atoms with E-state index in [2.05, 4.69) is 39.2 Å². The van der Waals surface area contributed by atoms with Gasteiger partial charge in [0.25, 0.3) is 0 Å². The Kier molecular flexibility index (Phi) is 6.24. The molecule has 110 valence electrons. The fourth-order valence-corrected chi connectivity index (χ4v) is 2.75. The highest BCUT2D eigenvalue weighted by atomic mass is 32.2. The van der Waals surface area contributed by atoms with Crippen LogP contribution < -0.4 is 5.73 Å². The molecule has 1 aromatic heterocycles. The maximum absolute atomic E-state index is 6.32. The van der Waals surface area contributed by atoms with Crippen LogP contribution in [0.4, 0.5) is 5.82 Å². The van der Waals surface area contributed by atoms with Crippen LogP contribution in [-0.2, 0) is 18.4 Å². The highest BCUT2D eigenvalue weighted by molar-refractivity contribution is 7.99. The summed E-state index contributed by atoms with van der Waals surface area (Å²) in [7, 11) is 0. The number of nitrogens with zero attached hydrogens (tertiary/aromatic N) is 2. The molecule has 0 radical (unpaired) electrons. The molecular weight excluding hydrogens is 254 g/mol. The van der Waals surface area contributed by atoms with Crippen molar-refractivity contribution in [3.8, 4) is 0 Å². The summed E-state index contributed by atoms with van der Waals surface area (Å²) in [6.07, 6.45) is 3.32. The number of aromatic nitrogens is 2. The highest BCUT2D eigenvalue weighted by Gasteiger charge is 2.24. The lowest BCUT2D eigenvalue weighted by molar-refractivity contribution is 0.491. The summed E-state index contributed by atoms with van der Waals surface area (Å²) >= 11 is 1.95. The van der Waals surface area contributed by atoms with E-state index in [0.717, 1.165) is 48.2 Å². The molecule has 3 nitrogen and oxygen atoms in total. The maximum atomic E-state index is 6.32. The van der Waals surface area contributed by atoms with Crippen LogP contribution in [0, 0.1) is 0 Å². The molecule has 0 saturated carbocycles. The summed E-state index contributed by atoms with van der Waals surface area (Å²) in [6.45, 7) is 12.0. The third-order valence-electron chi connectivity index (χ3n) is 3.18. The minimum atomic E-state index is 0.0536. The number of nitrogen functional groups attached to an aromatic ring is 1. The van der Waals surface area contributed by atoms with Gasteiger partial charge in [-0.2, -0.15) is 11.8 Å². The van der Waals surface area contributed by atoms with Crippen LogP contribution in [0.2, 0.25) is 0 Å². The second kappa shape index (κ2) is 7.22. The molecule has 0 saturated heterocycles. The van der Waals surface area contributed by atoms with Crippen molar-refractivity contribution in [2.24, 2.45) is 0 Å². The molecule has 1 heterocycles. The summed E-state index contributed by atoms with van der Waals surface area (Å²) < 4.78 is 2.23. The second-order valence-electron chi connectivity index (χ2n) is 5.97. The van der Waals surface area contributed by atoms with E-state index in [9.17, 15) is 0 Å². The van der Waals surface area contributed by atoms with Crippen molar-refractivity contribution in [2.75, 3.05) is 17.2 Å². The number of rotatable bonds is 7. The molecule has 0 spiro atoms. The van der Waals surface area contributed by atoms with Crippen LogP contribution in [0.5, 0.6) is 0 Å². The summed E-state index contributed by atoms with van der Waals surface area (Å²) in [4.78, 5) is 4.83. The van der Waals surface area contributed by atoms with Gasteiger partial charge in [-0.15, -0.1) is 0 Å². The lowest BCUT2D eigenvalue weighted by atomic mass is 9.95. The van der Waals surface area contributed by atoms with E-state index in [0.29, 0.717) is 0 Å². The zero-order chi connectivity index (χ0) is 14.5. The fraction of sp³-hybridized carbons (Fsp3) is 0.800. The van der Waals surface area contributed by atoms with Gasteiger partial charge in [0.05, 0.1) is 5.69 Å². The fourth-order valence-electron chi connectivity index (χ4n) is 2.13. The maximum Gasteiger partial charge on any atom is 0.126 e. The van der Waals surface area contributed by atoms with Gasteiger partial charge in [0.2, 0.25) is 0 Å². The molecule has 2 N–H and O–H groups in total. The first-order valence-electron chi connectivity index (χ1n) is 7.34. The Morgan fingerprint density at radius 1 is 1.26 bits per heavy atom.